The maximum atomic E-state index is 5.88. The topological polar surface area (TPSA) is 30.5 Å². The van der Waals surface area contributed by atoms with Crippen molar-refractivity contribution in [3.63, 3.8) is 0 Å². The van der Waals surface area contributed by atoms with E-state index in [9.17, 15) is 0 Å². The molecule has 0 bridgehead atoms. The van der Waals surface area contributed by atoms with E-state index in [1.807, 2.05) is 23.9 Å². The van der Waals surface area contributed by atoms with E-state index in [4.69, 9.17) is 9.47 Å². The van der Waals surface area contributed by atoms with Crippen molar-refractivity contribution >= 4 is 11.8 Å². The Morgan fingerprint density at radius 3 is 2.83 bits per heavy atom. The van der Waals surface area contributed by atoms with Gasteiger partial charge in [-0.05, 0) is 31.0 Å². The Kier molecular flexibility index (Phi) is 7.69. The smallest absolute Gasteiger partial charge is 0.165 e. The van der Waals surface area contributed by atoms with Gasteiger partial charge in [-0.2, -0.15) is 11.8 Å². The second kappa shape index (κ2) is 9.11. The Morgan fingerprint density at radius 2 is 2.17 bits per heavy atom. The number of rotatable bonds is 9. The zero-order valence-corrected chi connectivity index (χ0v) is 12.3. The fraction of sp³-hybridized carbons (Fsp3) is 0.571. The first-order valence-corrected chi connectivity index (χ1v) is 7.71. The summed E-state index contributed by atoms with van der Waals surface area (Å²) in [5, 5.41) is 3.32. The SMILES string of the molecule is CCNCc1cccc(OC)c1OCCCSC. The standard InChI is InChI=1S/C14H23NO2S/c1-4-15-11-12-7-5-8-13(16-2)14(12)17-9-6-10-18-3/h5,7-8,15H,4,6,9-11H2,1-3H3. The summed E-state index contributed by atoms with van der Waals surface area (Å²) in [4.78, 5) is 0. The molecule has 0 unspecified atom stereocenters. The second-order valence-electron chi connectivity index (χ2n) is 3.92. The van der Waals surface area contributed by atoms with E-state index in [0.717, 1.165) is 48.9 Å². The van der Waals surface area contributed by atoms with Crippen LogP contribution >= 0.6 is 11.8 Å². The summed E-state index contributed by atoms with van der Waals surface area (Å²) in [6.45, 7) is 4.59. The minimum Gasteiger partial charge on any atom is -0.493 e. The molecule has 102 valence electrons. The second-order valence-corrected chi connectivity index (χ2v) is 4.91. The molecule has 1 N–H and O–H groups in total. The van der Waals surface area contributed by atoms with Gasteiger partial charge in [0.05, 0.1) is 13.7 Å². The first-order valence-electron chi connectivity index (χ1n) is 6.31. The molecule has 3 nitrogen and oxygen atoms in total. The number of hydrogen-bond donors (Lipinski definition) is 1. The molecule has 0 aliphatic heterocycles. The van der Waals surface area contributed by atoms with Crippen LogP contribution in [0.1, 0.15) is 18.9 Å². The summed E-state index contributed by atoms with van der Waals surface area (Å²) in [5.41, 5.74) is 1.15. The van der Waals surface area contributed by atoms with Gasteiger partial charge in [-0.3, -0.25) is 0 Å². The number of ether oxygens (including phenoxy) is 2. The summed E-state index contributed by atoms with van der Waals surface area (Å²) in [6, 6.07) is 6.02. The fourth-order valence-corrected chi connectivity index (χ4v) is 2.07. The van der Waals surface area contributed by atoms with Crippen LogP contribution in [0.4, 0.5) is 0 Å². The van der Waals surface area contributed by atoms with Crippen molar-refractivity contribution in [1.82, 2.24) is 5.32 Å². The molecule has 0 amide bonds. The van der Waals surface area contributed by atoms with Crippen LogP contribution in [0.3, 0.4) is 0 Å². The summed E-state index contributed by atoms with van der Waals surface area (Å²) in [5.74, 6) is 2.81. The van der Waals surface area contributed by atoms with Crippen LogP contribution in [0.5, 0.6) is 11.5 Å². The fourth-order valence-electron chi connectivity index (χ4n) is 1.66. The van der Waals surface area contributed by atoms with Crippen molar-refractivity contribution in [3.8, 4) is 11.5 Å². The van der Waals surface area contributed by atoms with Crippen molar-refractivity contribution in [2.75, 3.05) is 32.3 Å². The maximum Gasteiger partial charge on any atom is 0.165 e. The molecule has 0 aliphatic rings. The lowest BCUT2D eigenvalue weighted by Gasteiger charge is -2.15. The van der Waals surface area contributed by atoms with E-state index in [2.05, 4.69) is 24.6 Å². The quantitative estimate of drug-likeness (QED) is 0.698. The number of benzene rings is 1. The molecule has 0 aliphatic carbocycles. The zero-order chi connectivity index (χ0) is 13.2. The Bertz CT molecular complexity index is 345. The van der Waals surface area contributed by atoms with Crippen LogP contribution in [-0.2, 0) is 6.54 Å². The monoisotopic (exact) mass is 269 g/mol. The number of nitrogens with one attached hydrogen (secondary N) is 1. The number of para-hydroxylation sites is 1. The van der Waals surface area contributed by atoms with E-state index in [0.29, 0.717) is 0 Å². The normalized spacial score (nSPS) is 10.4. The van der Waals surface area contributed by atoms with E-state index in [-0.39, 0.29) is 0 Å². The molecule has 18 heavy (non-hydrogen) atoms. The molecule has 0 fully saturated rings. The molecule has 4 heteroatoms. The molecular formula is C14H23NO2S. The molecule has 0 heterocycles. The highest BCUT2D eigenvalue weighted by Crippen LogP contribution is 2.31. The third-order valence-electron chi connectivity index (χ3n) is 2.59. The van der Waals surface area contributed by atoms with E-state index < -0.39 is 0 Å². The zero-order valence-electron chi connectivity index (χ0n) is 11.5. The van der Waals surface area contributed by atoms with E-state index in [1.54, 1.807) is 7.11 Å². The molecule has 0 radical (unpaired) electrons. The summed E-state index contributed by atoms with van der Waals surface area (Å²) in [7, 11) is 1.68. The Hall–Kier alpha value is -0.870. The van der Waals surface area contributed by atoms with E-state index >= 15 is 0 Å². The predicted octanol–water partition coefficient (Wildman–Crippen LogP) is 2.94. The lowest BCUT2D eigenvalue weighted by molar-refractivity contribution is 0.291. The Labute approximate surface area is 114 Å². The lowest BCUT2D eigenvalue weighted by atomic mass is 10.2. The minimum atomic E-state index is 0.736. The third kappa shape index (κ3) is 4.78. The number of methoxy groups -OCH3 is 1. The molecule has 0 saturated heterocycles. The third-order valence-corrected chi connectivity index (χ3v) is 3.28. The van der Waals surface area contributed by atoms with Gasteiger partial charge in [0.1, 0.15) is 0 Å². The summed E-state index contributed by atoms with van der Waals surface area (Å²) < 4.78 is 11.2. The van der Waals surface area contributed by atoms with Crippen molar-refractivity contribution < 1.29 is 9.47 Å². The van der Waals surface area contributed by atoms with Crippen molar-refractivity contribution in [2.45, 2.75) is 19.9 Å². The summed E-state index contributed by atoms with van der Waals surface area (Å²) in [6.07, 6.45) is 3.17. The van der Waals surface area contributed by atoms with Crippen molar-refractivity contribution in [1.29, 1.82) is 0 Å². The maximum absolute atomic E-state index is 5.88. The van der Waals surface area contributed by atoms with E-state index in [1.165, 1.54) is 0 Å². The van der Waals surface area contributed by atoms with Gasteiger partial charge in [0.2, 0.25) is 0 Å². The van der Waals surface area contributed by atoms with Crippen LogP contribution in [0.2, 0.25) is 0 Å². The van der Waals surface area contributed by atoms with Gasteiger partial charge in [0, 0.05) is 12.1 Å². The number of thioether (sulfide) groups is 1. The average molecular weight is 269 g/mol. The van der Waals surface area contributed by atoms with Gasteiger partial charge in [0.25, 0.3) is 0 Å². The molecule has 0 saturated carbocycles. The molecule has 1 aromatic rings. The predicted molar refractivity (Wildman–Crippen MR) is 78.9 cm³/mol. The van der Waals surface area contributed by atoms with Crippen LogP contribution in [0.25, 0.3) is 0 Å². The molecule has 1 aromatic carbocycles. The van der Waals surface area contributed by atoms with Crippen LogP contribution in [-0.4, -0.2) is 32.3 Å². The molecule has 0 aromatic heterocycles. The van der Waals surface area contributed by atoms with Gasteiger partial charge in [-0.25, -0.2) is 0 Å². The van der Waals surface area contributed by atoms with Gasteiger partial charge < -0.3 is 14.8 Å². The highest BCUT2D eigenvalue weighted by Gasteiger charge is 2.09. The van der Waals surface area contributed by atoms with Crippen molar-refractivity contribution in [2.24, 2.45) is 0 Å². The molecule has 0 spiro atoms. The number of hydrogen-bond acceptors (Lipinski definition) is 4. The van der Waals surface area contributed by atoms with Gasteiger partial charge in [0.15, 0.2) is 11.5 Å². The summed E-state index contributed by atoms with van der Waals surface area (Å²) >= 11 is 1.84. The first-order chi connectivity index (χ1) is 8.83. The first kappa shape index (κ1) is 15.2. The molecular weight excluding hydrogens is 246 g/mol. The van der Waals surface area contributed by atoms with Crippen LogP contribution < -0.4 is 14.8 Å². The molecule has 1 rings (SSSR count). The Balaban J connectivity index is 2.69. The molecule has 0 atom stereocenters. The minimum absolute atomic E-state index is 0.736. The van der Waals surface area contributed by atoms with Gasteiger partial charge in [-0.15, -0.1) is 0 Å². The van der Waals surface area contributed by atoms with Crippen molar-refractivity contribution in [3.05, 3.63) is 23.8 Å². The average Bonchev–Trinajstić information content (AvgIpc) is 2.41. The van der Waals surface area contributed by atoms with Crippen LogP contribution in [0.15, 0.2) is 18.2 Å². The van der Waals surface area contributed by atoms with Gasteiger partial charge in [-0.1, -0.05) is 19.1 Å². The van der Waals surface area contributed by atoms with Gasteiger partial charge >= 0.3 is 0 Å². The Morgan fingerprint density at radius 1 is 1.33 bits per heavy atom. The largest absolute Gasteiger partial charge is 0.493 e. The van der Waals surface area contributed by atoms with Crippen LogP contribution in [0, 0.1) is 0 Å². The highest BCUT2D eigenvalue weighted by atomic mass is 32.2. The highest BCUT2D eigenvalue weighted by molar-refractivity contribution is 7.98. The lowest BCUT2D eigenvalue weighted by Crippen LogP contribution is -2.13.